The molecule has 2 rings (SSSR count). The first-order chi connectivity index (χ1) is 9.19. The van der Waals surface area contributed by atoms with Gasteiger partial charge in [-0.15, -0.1) is 0 Å². The second-order valence-electron chi connectivity index (χ2n) is 4.63. The zero-order valence-electron chi connectivity index (χ0n) is 10.2. The van der Waals surface area contributed by atoms with Gasteiger partial charge >= 0.3 is 6.18 Å². The number of hydrogen-bond acceptors (Lipinski definition) is 2. The molecule has 1 aliphatic rings. The standard InChI is InChI=1S/C12H11BrF4N2O/c13-8-4-9(14)10(18)3-7(8)11(20)19(6-1-2-6)5-12(15,16)17/h3-4,6H,1-2,5,18H2. The third kappa shape index (κ3) is 3.41. The van der Waals surface area contributed by atoms with E-state index >= 15 is 0 Å². The smallest absolute Gasteiger partial charge is 0.396 e. The maximum absolute atomic E-state index is 13.2. The number of nitrogens with two attached hydrogens (primary N) is 1. The number of carbonyl (C=O) groups excluding carboxylic acids is 1. The lowest BCUT2D eigenvalue weighted by Crippen LogP contribution is -2.40. The van der Waals surface area contributed by atoms with Crippen LogP contribution in [-0.2, 0) is 0 Å². The number of nitrogen functional groups attached to an aromatic ring is 1. The summed E-state index contributed by atoms with van der Waals surface area (Å²) in [4.78, 5) is 13.0. The Morgan fingerprint density at radius 2 is 2.00 bits per heavy atom. The predicted molar refractivity (Wildman–Crippen MR) is 68.6 cm³/mol. The first-order valence-corrected chi connectivity index (χ1v) is 6.60. The Morgan fingerprint density at radius 3 is 2.50 bits per heavy atom. The Kier molecular flexibility index (Phi) is 3.95. The molecule has 8 heteroatoms. The summed E-state index contributed by atoms with van der Waals surface area (Å²) >= 11 is 2.98. The Balaban J connectivity index is 2.30. The van der Waals surface area contributed by atoms with Crippen molar-refractivity contribution in [1.29, 1.82) is 0 Å². The molecule has 1 amide bonds. The van der Waals surface area contributed by atoms with Crippen molar-refractivity contribution < 1.29 is 22.4 Å². The van der Waals surface area contributed by atoms with Crippen LogP contribution in [0.3, 0.4) is 0 Å². The summed E-state index contributed by atoms with van der Waals surface area (Å²) in [6.07, 6.45) is -3.40. The fraction of sp³-hybridized carbons (Fsp3) is 0.417. The number of carbonyl (C=O) groups is 1. The molecule has 0 spiro atoms. The van der Waals surface area contributed by atoms with Crippen molar-refractivity contribution in [2.45, 2.75) is 25.1 Å². The second-order valence-corrected chi connectivity index (χ2v) is 5.49. The molecule has 110 valence electrons. The largest absolute Gasteiger partial charge is 0.406 e. The molecule has 1 fully saturated rings. The molecule has 1 aliphatic carbocycles. The van der Waals surface area contributed by atoms with E-state index in [0.29, 0.717) is 12.8 Å². The van der Waals surface area contributed by atoms with E-state index < -0.39 is 30.5 Å². The van der Waals surface area contributed by atoms with Crippen molar-refractivity contribution in [3.63, 3.8) is 0 Å². The molecule has 20 heavy (non-hydrogen) atoms. The highest BCUT2D eigenvalue weighted by Gasteiger charge is 2.41. The van der Waals surface area contributed by atoms with Gasteiger partial charge < -0.3 is 10.6 Å². The van der Waals surface area contributed by atoms with Crippen LogP contribution in [0.5, 0.6) is 0 Å². The van der Waals surface area contributed by atoms with Gasteiger partial charge in [-0.3, -0.25) is 4.79 Å². The first kappa shape index (κ1) is 15.1. The molecule has 0 heterocycles. The third-order valence-corrected chi connectivity index (χ3v) is 3.57. The van der Waals surface area contributed by atoms with Gasteiger partial charge in [0.2, 0.25) is 0 Å². The summed E-state index contributed by atoms with van der Waals surface area (Å²) < 4.78 is 50.9. The maximum atomic E-state index is 13.2. The fourth-order valence-electron chi connectivity index (χ4n) is 1.83. The number of hydrogen-bond donors (Lipinski definition) is 1. The molecule has 0 aliphatic heterocycles. The van der Waals surface area contributed by atoms with Crippen LogP contribution < -0.4 is 5.73 Å². The lowest BCUT2D eigenvalue weighted by Gasteiger charge is -2.24. The molecule has 1 aromatic carbocycles. The van der Waals surface area contributed by atoms with Gasteiger partial charge in [0.05, 0.1) is 11.3 Å². The van der Waals surface area contributed by atoms with Crippen LogP contribution in [0.1, 0.15) is 23.2 Å². The van der Waals surface area contributed by atoms with Gasteiger partial charge in [0, 0.05) is 10.5 Å². The van der Waals surface area contributed by atoms with Crippen molar-refractivity contribution in [3.05, 3.63) is 28.0 Å². The minimum absolute atomic E-state index is 0.0694. The number of alkyl halides is 3. The maximum Gasteiger partial charge on any atom is 0.406 e. The molecule has 3 nitrogen and oxygen atoms in total. The predicted octanol–water partition coefficient (Wildman–Crippen LogP) is 3.34. The monoisotopic (exact) mass is 354 g/mol. The van der Waals surface area contributed by atoms with E-state index in [4.69, 9.17) is 5.73 Å². The first-order valence-electron chi connectivity index (χ1n) is 5.81. The van der Waals surface area contributed by atoms with E-state index in [0.717, 1.165) is 17.0 Å². The van der Waals surface area contributed by atoms with Crippen molar-refractivity contribution >= 4 is 27.5 Å². The minimum atomic E-state index is -4.48. The van der Waals surface area contributed by atoms with Crippen molar-refractivity contribution in [3.8, 4) is 0 Å². The van der Waals surface area contributed by atoms with Gasteiger partial charge in [0.15, 0.2) is 0 Å². The quantitative estimate of drug-likeness (QED) is 0.668. The van der Waals surface area contributed by atoms with Gasteiger partial charge in [-0.05, 0) is 40.9 Å². The van der Waals surface area contributed by atoms with Gasteiger partial charge in [-0.25, -0.2) is 4.39 Å². The molecule has 1 aromatic rings. The highest BCUT2D eigenvalue weighted by molar-refractivity contribution is 9.10. The van der Waals surface area contributed by atoms with Crippen LogP contribution in [0.15, 0.2) is 16.6 Å². The minimum Gasteiger partial charge on any atom is -0.396 e. The van der Waals surface area contributed by atoms with Gasteiger partial charge in [0.25, 0.3) is 5.91 Å². The van der Waals surface area contributed by atoms with Gasteiger partial charge in [0.1, 0.15) is 12.4 Å². The normalized spacial score (nSPS) is 15.2. The molecule has 0 atom stereocenters. The van der Waals surface area contributed by atoms with Crippen LogP contribution in [0.4, 0.5) is 23.2 Å². The Bertz CT molecular complexity index is 543. The van der Waals surface area contributed by atoms with E-state index in [-0.39, 0.29) is 15.7 Å². The highest BCUT2D eigenvalue weighted by Crippen LogP contribution is 2.33. The van der Waals surface area contributed by atoms with Crippen LogP contribution in [0.25, 0.3) is 0 Å². The molecule has 0 saturated heterocycles. The van der Waals surface area contributed by atoms with E-state index in [9.17, 15) is 22.4 Å². The number of nitrogens with zero attached hydrogens (tertiary/aromatic N) is 1. The molecular formula is C12H11BrF4N2O. The molecule has 0 unspecified atom stereocenters. The van der Waals surface area contributed by atoms with Gasteiger partial charge in [-0.2, -0.15) is 13.2 Å². The number of anilines is 1. The summed E-state index contributed by atoms with van der Waals surface area (Å²) in [5.41, 5.74) is 5.01. The van der Waals surface area contributed by atoms with E-state index in [1.807, 2.05) is 0 Å². The van der Waals surface area contributed by atoms with Crippen LogP contribution >= 0.6 is 15.9 Å². The second kappa shape index (κ2) is 5.23. The average Bonchev–Trinajstić information content (AvgIpc) is 3.13. The lowest BCUT2D eigenvalue weighted by atomic mass is 10.1. The fourth-order valence-corrected chi connectivity index (χ4v) is 2.32. The summed E-state index contributed by atoms with van der Waals surface area (Å²) in [7, 11) is 0. The molecule has 0 aromatic heterocycles. The molecular weight excluding hydrogens is 344 g/mol. The van der Waals surface area contributed by atoms with Crippen LogP contribution in [0, 0.1) is 5.82 Å². The summed E-state index contributed by atoms with van der Waals surface area (Å²) in [6.45, 7) is -1.32. The average molecular weight is 355 g/mol. The Morgan fingerprint density at radius 1 is 1.40 bits per heavy atom. The number of amides is 1. The van der Waals surface area contributed by atoms with Crippen molar-refractivity contribution in [2.24, 2.45) is 0 Å². The van der Waals surface area contributed by atoms with E-state index in [1.54, 1.807) is 0 Å². The van der Waals surface area contributed by atoms with Crippen LogP contribution in [-0.4, -0.2) is 29.6 Å². The molecule has 2 N–H and O–H groups in total. The molecule has 0 radical (unpaired) electrons. The van der Waals surface area contributed by atoms with Crippen molar-refractivity contribution in [2.75, 3.05) is 12.3 Å². The highest BCUT2D eigenvalue weighted by atomic mass is 79.9. The van der Waals surface area contributed by atoms with E-state index in [1.165, 1.54) is 0 Å². The zero-order chi connectivity index (χ0) is 15.1. The van der Waals surface area contributed by atoms with E-state index in [2.05, 4.69) is 15.9 Å². The summed E-state index contributed by atoms with van der Waals surface area (Å²) in [5.74, 6) is -1.54. The number of benzene rings is 1. The number of halogens is 5. The Hall–Kier alpha value is -1.31. The van der Waals surface area contributed by atoms with Gasteiger partial charge in [-0.1, -0.05) is 0 Å². The lowest BCUT2D eigenvalue weighted by molar-refractivity contribution is -0.141. The van der Waals surface area contributed by atoms with Crippen LogP contribution in [0.2, 0.25) is 0 Å². The zero-order valence-corrected chi connectivity index (χ0v) is 11.8. The Labute approximate surface area is 120 Å². The summed E-state index contributed by atoms with van der Waals surface area (Å²) in [5, 5.41) is 0. The molecule has 0 bridgehead atoms. The van der Waals surface area contributed by atoms with Crippen molar-refractivity contribution in [1.82, 2.24) is 4.90 Å². The summed E-state index contributed by atoms with van der Waals surface area (Å²) in [6, 6.07) is 1.61. The SMILES string of the molecule is Nc1cc(C(=O)N(CC(F)(F)F)C2CC2)c(Br)cc1F. The third-order valence-electron chi connectivity index (χ3n) is 2.91. The molecule has 1 saturated carbocycles. The topological polar surface area (TPSA) is 46.3 Å². The number of rotatable bonds is 3.